The predicted molar refractivity (Wildman–Crippen MR) is 68.3 cm³/mol. The number of nitrogens with one attached hydrogen (secondary N) is 1. The van der Waals surface area contributed by atoms with E-state index in [9.17, 15) is 9.36 Å². The Morgan fingerprint density at radius 1 is 1.41 bits per heavy atom. The molecular formula is C12H16NO3P. The zero-order valence-electron chi connectivity index (χ0n) is 9.88. The molecule has 0 aliphatic rings. The van der Waals surface area contributed by atoms with Gasteiger partial charge in [-0.05, 0) is 19.1 Å². The summed E-state index contributed by atoms with van der Waals surface area (Å²) in [7, 11) is -3.06. The van der Waals surface area contributed by atoms with Crippen LogP contribution in [0.5, 0.6) is 0 Å². The largest absolute Gasteiger partial charge is 0.344 e. The van der Waals surface area contributed by atoms with E-state index in [0.29, 0.717) is 11.3 Å². The summed E-state index contributed by atoms with van der Waals surface area (Å²) in [4.78, 5) is 20.8. The van der Waals surface area contributed by atoms with Crippen LogP contribution in [-0.4, -0.2) is 23.6 Å². The number of hydrogen-bond acceptors (Lipinski definition) is 2. The third-order valence-electron chi connectivity index (χ3n) is 2.08. The van der Waals surface area contributed by atoms with Crippen LogP contribution in [0, 0.1) is 0 Å². The summed E-state index contributed by atoms with van der Waals surface area (Å²) in [6.45, 7) is 2.98. The second-order valence-corrected chi connectivity index (χ2v) is 6.41. The van der Waals surface area contributed by atoms with Gasteiger partial charge in [-0.2, -0.15) is 0 Å². The number of carbonyl (C=O) groups is 1. The van der Waals surface area contributed by atoms with Crippen molar-refractivity contribution in [1.82, 2.24) is 5.32 Å². The van der Waals surface area contributed by atoms with Gasteiger partial charge in [-0.15, -0.1) is 0 Å². The van der Waals surface area contributed by atoms with Crippen LogP contribution in [0.3, 0.4) is 0 Å². The van der Waals surface area contributed by atoms with Gasteiger partial charge in [-0.3, -0.25) is 9.36 Å². The van der Waals surface area contributed by atoms with Crippen molar-refractivity contribution >= 4 is 13.3 Å². The number of rotatable bonds is 4. The van der Waals surface area contributed by atoms with Crippen LogP contribution in [-0.2, 0) is 4.57 Å². The lowest BCUT2D eigenvalue weighted by Gasteiger charge is -2.06. The van der Waals surface area contributed by atoms with E-state index in [1.807, 2.05) is 6.07 Å². The van der Waals surface area contributed by atoms with Gasteiger partial charge in [-0.25, -0.2) is 0 Å². The standard InChI is InChI=1S/C12H16NO3P/c1-10(8-9-17(2,15)16)13-12(14)11-6-4-3-5-7-11/h3-8H,9H2,1-2H3,(H,13,14)(H,15,16)/b10-8-. The van der Waals surface area contributed by atoms with Crippen LogP contribution >= 0.6 is 7.37 Å². The fraction of sp³-hybridized carbons (Fsp3) is 0.250. The minimum atomic E-state index is -3.06. The highest BCUT2D eigenvalue weighted by Gasteiger charge is 2.08. The fourth-order valence-electron chi connectivity index (χ4n) is 1.20. The molecule has 0 aliphatic heterocycles. The average molecular weight is 253 g/mol. The quantitative estimate of drug-likeness (QED) is 0.808. The van der Waals surface area contributed by atoms with E-state index in [0.717, 1.165) is 0 Å². The molecule has 1 rings (SSSR count). The molecule has 4 nitrogen and oxygen atoms in total. The molecule has 2 N–H and O–H groups in total. The van der Waals surface area contributed by atoms with Crippen LogP contribution in [0.1, 0.15) is 17.3 Å². The Balaban J connectivity index is 2.61. The lowest BCUT2D eigenvalue weighted by atomic mass is 10.2. The van der Waals surface area contributed by atoms with E-state index in [4.69, 9.17) is 4.89 Å². The highest BCUT2D eigenvalue weighted by atomic mass is 31.2. The lowest BCUT2D eigenvalue weighted by molar-refractivity contribution is 0.0966. The van der Waals surface area contributed by atoms with Crippen molar-refractivity contribution < 1.29 is 14.3 Å². The van der Waals surface area contributed by atoms with Gasteiger partial charge < -0.3 is 10.2 Å². The van der Waals surface area contributed by atoms with Crippen LogP contribution in [0.15, 0.2) is 42.1 Å². The molecule has 1 aromatic carbocycles. The van der Waals surface area contributed by atoms with E-state index in [-0.39, 0.29) is 12.1 Å². The third kappa shape index (κ3) is 5.48. The number of hydrogen-bond donors (Lipinski definition) is 2. The van der Waals surface area contributed by atoms with Crippen molar-refractivity contribution in [2.75, 3.05) is 12.8 Å². The topological polar surface area (TPSA) is 66.4 Å². The van der Waals surface area contributed by atoms with Crippen LogP contribution in [0.4, 0.5) is 0 Å². The lowest BCUT2D eigenvalue weighted by Crippen LogP contribution is -2.21. The van der Waals surface area contributed by atoms with Crippen LogP contribution < -0.4 is 5.32 Å². The van der Waals surface area contributed by atoms with Gasteiger partial charge >= 0.3 is 0 Å². The fourth-order valence-corrected chi connectivity index (χ4v) is 1.81. The average Bonchev–Trinajstić information content (AvgIpc) is 2.27. The Morgan fingerprint density at radius 3 is 2.53 bits per heavy atom. The van der Waals surface area contributed by atoms with Crippen molar-refractivity contribution in [3.63, 3.8) is 0 Å². The number of allylic oxidation sites excluding steroid dienone is 2. The van der Waals surface area contributed by atoms with Gasteiger partial charge in [0.25, 0.3) is 5.91 Å². The molecule has 0 saturated carbocycles. The summed E-state index contributed by atoms with van der Waals surface area (Å²) in [5.74, 6) is -0.219. The second-order valence-electron chi connectivity index (χ2n) is 3.94. The molecule has 0 heterocycles. The van der Waals surface area contributed by atoms with Crippen molar-refractivity contribution in [3.8, 4) is 0 Å². The third-order valence-corrected chi connectivity index (χ3v) is 2.94. The SMILES string of the molecule is C/C(=C/CP(C)(=O)O)NC(=O)c1ccccc1. The molecule has 0 aliphatic carbocycles. The Kier molecular flexibility index (Phi) is 4.67. The summed E-state index contributed by atoms with van der Waals surface area (Å²) in [5.41, 5.74) is 1.14. The van der Waals surface area contributed by atoms with Crippen molar-refractivity contribution in [2.45, 2.75) is 6.92 Å². The summed E-state index contributed by atoms with van der Waals surface area (Å²) in [6.07, 6.45) is 1.62. The molecule has 92 valence electrons. The number of amides is 1. The first-order valence-electron chi connectivity index (χ1n) is 5.21. The van der Waals surface area contributed by atoms with Crippen molar-refractivity contribution in [2.24, 2.45) is 0 Å². The molecule has 0 radical (unpaired) electrons. The minimum absolute atomic E-state index is 0.0634. The molecule has 5 heteroatoms. The summed E-state index contributed by atoms with van der Waals surface area (Å²) >= 11 is 0. The van der Waals surface area contributed by atoms with Crippen molar-refractivity contribution in [3.05, 3.63) is 47.7 Å². The summed E-state index contributed by atoms with van der Waals surface area (Å²) in [5, 5.41) is 2.66. The van der Waals surface area contributed by atoms with Crippen LogP contribution in [0.25, 0.3) is 0 Å². The first-order valence-corrected chi connectivity index (χ1v) is 7.50. The maximum absolute atomic E-state index is 11.7. The number of benzene rings is 1. The van der Waals surface area contributed by atoms with E-state index >= 15 is 0 Å². The Bertz CT molecular complexity index is 462. The van der Waals surface area contributed by atoms with E-state index in [1.54, 1.807) is 37.3 Å². The van der Waals surface area contributed by atoms with Gasteiger partial charge in [0, 0.05) is 24.1 Å². The molecule has 1 atom stereocenters. The minimum Gasteiger partial charge on any atom is -0.344 e. The smallest absolute Gasteiger partial charge is 0.255 e. The molecule has 0 aromatic heterocycles. The molecule has 1 amide bonds. The molecule has 0 spiro atoms. The first-order chi connectivity index (χ1) is 7.88. The zero-order valence-corrected chi connectivity index (χ0v) is 10.8. The van der Waals surface area contributed by atoms with Gasteiger partial charge in [0.2, 0.25) is 7.37 Å². The van der Waals surface area contributed by atoms with Gasteiger partial charge in [0.05, 0.1) is 0 Å². The molecule has 1 unspecified atom stereocenters. The molecule has 17 heavy (non-hydrogen) atoms. The summed E-state index contributed by atoms with van der Waals surface area (Å²) < 4.78 is 11.1. The Hall–Kier alpha value is -1.38. The van der Waals surface area contributed by atoms with E-state index in [1.165, 1.54) is 6.66 Å². The highest BCUT2D eigenvalue weighted by Crippen LogP contribution is 2.34. The second kappa shape index (κ2) is 5.80. The number of carbonyl (C=O) groups excluding carboxylic acids is 1. The molecule has 0 fully saturated rings. The Labute approximate surface area is 101 Å². The van der Waals surface area contributed by atoms with Gasteiger partial charge in [0.1, 0.15) is 0 Å². The van der Waals surface area contributed by atoms with Gasteiger partial charge in [-0.1, -0.05) is 24.3 Å². The highest BCUT2D eigenvalue weighted by molar-refractivity contribution is 7.57. The monoisotopic (exact) mass is 253 g/mol. The first kappa shape index (κ1) is 13.7. The van der Waals surface area contributed by atoms with Crippen molar-refractivity contribution in [1.29, 1.82) is 0 Å². The summed E-state index contributed by atoms with van der Waals surface area (Å²) in [6, 6.07) is 8.81. The normalized spacial score (nSPS) is 15.1. The molecule has 0 saturated heterocycles. The van der Waals surface area contributed by atoms with E-state index in [2.05, 4.69) is 5.32 Å². The van der Waals surface area contributed by atoms with Crippen LogP contribution in [0.2, 0.25) is 0 Å². The Morgan fingerprint density at radius 2 is 2.00 bits per heavy atom. The maximum atomic E-state index is 11.7. The zero-order chi connectivity index (χ0) is 12.9. The molecule has 1 aromatic rings. The maximum Gasteiger partial charge on any atom is 0.255 e. The predicted octanol–water partition coefficient (Wildman–Crippen LogP) is 2.22. The van der Waals surface area contributed by atoms with Gasteiger partial charge in [0.15, 0.2) is 0 Å². The molecule has 0 bridgehead atoms. The molecular weight excluding hydrogens is 237 g/mol. The van der Waals surface area contributed by atoms with E-state index < -0.39 is 7.37 Å².